The van der Waals surface area contributed by atoms with Crippen LogP contribution in [0.3, 0.4) is 0 Å². The van der Waals surface area contributed by atoms with Crippen LogP contribution >= 0.6 is 0 Å². The van der Waals surface area contributed by atoms with Gasteiger partial charge >= 0.3 is 0 Å². The largest absolute Gasteiger partial charge is 0.491 e. The van der Waals surface area contributed by atoms with Gasteiger partial charge in [-0.2, -0.15) is 0 Å². The first kappa shape index (κ1) is 18.6. The SMILES string of the molecule is O=c1cccc2n1CC1CC2CN(CC(O)COc2ccc([N+](=O)[O-])cc2)C1. The predicted molar refractivity (Wildman–Crippen MR) is 103 cm³/mol. The number of hydrogen-bond donors (Lipinski definition) is 1. The number of rotatable bonds is 6. The summed E-state index contributed by atoms with van der Waals surface area (Å²) in [4.78, 5) is 24.5. The monoisotopic (exact) mass is 385 g/mol. The maximum absolute atomic E-state index is 12.1. The Morgan fingerprint density at radius 3 is 2.71 bits per heavy atom. The van der Waals surface area contributed by atoms with Gasteiger partial charge in [-0.25, -0.2) is 0 Å². The number of fused-ring (bicyclic) bond motifs is 4. The van der Waals surface area contributed by atoms with E-state index in [1.807, 2.05) is 16.7 Å². The van der Waals surface area contributed by atoms with E-state index in [2.05, 4.69) is 4.90 Å². The van der Waals surface area contributed by atoms with Gasteiger partial charge in [0, 0.05) is 56.0 Å². The average molecular weight is 385 g/mol. The fraction of sp³-hybridized carbons (Fsp3) is 0.450. The van der Waals surface area contributed by atoms with Crippen molar-refractivity contribution in [1.29, 1.82) is 0 Å². The van der Waals surface area contributed by atoms with E-state index in [-0.39, 0.29) is 17.9 Å². The Labute approximate surface area is 162 Å². The normalized spacial score (nSPS) is 22.3. The number of benzene rings is 1. The molecule has 8 heteroatoms. The van der Waals surface area contributed by atoms with Gasteiger partial charge in [0.2, 0.25) is 0 Å². The molecular formula is C20H23N3O5. The second kappa shape index (κ2) is 7.73. The van der Waals surface area contributed by atoms with Crippen molar-refractivity contribution < 1.29 is 14.8 Å². The van der Waals surface area contributed by atoms with Gasteiger partial charge in [0.15, 0.2) is 0 Å². The number of aliphatic hydroxyl groups excluding tert-OH is 1. The van der Waals surface area contributed by atoms with Crippen molar-refractivity contribution >= 4 is 5.69 Å². The molecule has 1 saturated heterocycles. The van der Waals surface area contributed by atoms with Gasteiger partial charge in [0.25, 0.3) is 11.2 Å². The molecule has 2 aliphatic rings. The summed E-state index contributed by atoms with van der Waals surface area (Å²) in [6.07, 6.45) is 0.419. The van der Waals surface area contributed by atoms with E-state index in [9.17, 15) is 20.0 Å². The molecule has 1 aromatic carbocycles. The summed E-state index contributed by atoms with van der Waals surface area (Å²) in [6, 6.07) is 11.3. The zero-order valence-electron chi connectivity index (χ0n) is 15.4. The number of aromatic nitrogens is 1. The number of nitro groups is 1. The summed E-state index contributed by atoms with van der Waals surface area (Å²) in [5.74, 6) is 1.21. The fourth-order valence-electron chi connectivity index (χ4n) is 4.35. The van der Waals surface area contributed by atoms with Gasteiger partial charge in [-0.05, 0) is 30.5 Å². The quantitative estimate of drug-likeness (QED) is 0.599. The third kappa shape index (κ3) is 3.93. The molecule has 8 nitrogen and oxygen atoms in total. The molecule has 0 radical (unpaired) electrons. The lowest BCUT2D eigenvalue weighted by atomic mass is 9.83. The molecule has 28 heavy (non-hydrogen) atoms. The van der Waals surface area contributed by atoms with Crippen LogP contribution in [-0.4, -0.2) is 51.8 Å². The van der Waals surface area contributed by atoms with Crippen LogP contribution in [0.25, 0.3) is 0 Å². The first-order valence-electron chi connectivity index (χ1n) is 9.47. The molecule has 4 rings (SSSR count). The van der Waals surface area contributed by atoms with Crippen molar-refractivity contribution in [3.63, 3.8) is 0 Å². The lowest BCUT2D eigenvalue weighted by molar-refractivity contribution is -0.384. The highest BCUT2D eigenvalue weighted by molar-refractivity contribution is 5.35. The van der Waals surface area contributed by atoms with Crippen LogP contribution in [0.5, 0.6) is 5.75 Å². The molecule has 148 valence electrons. The fourth-order valence-corrected chi connectivity index (χ4v) is 4.35. The Hall–Kier alpha value is -2.71. The summed E-state index contributed by atoms with van der Waals surface area (Å²) >= 11 is 0. The van der Waals surface area contributed by atoms with Crippen molar-refractivity contribution in [3.8, 4) is 5.75 Å². The third-order valence-corrected chi connectivity index (χ3v) is 5.51. The molecular weight excluding hydrogens is 362 g/mol. The Morgan fingerprint density at radius 1 is 1.18 bits per heavy atom. The summed E-state index contributed by atoms with van der Waals surface area (Å²) in [6.45, 7) is 3.02. The number of piperidine rings is 1. The van der Waals surface area contributed by atoms with E-state index < -0.39 is 11.0 Å². The van der Waals surface area contributed by atoms with Crippen molar-refractivity contribution in [3.05, 3.63) is 68.6 Å². The van der Waals surface area contributed by atoms with E-state index in [4.69, 9.17) is 4.74 Å². The number of β-amino-alcohol motifs (C(OH)–C–C–N with tert-alkyl or cyclic N) is 1. The van der Waals surface area contributed by atoms with Gasteiger partial charge < -0.3 is 14.4 Å². The summed E-state index contributed by atoms with van der Waals surface area (Å²) in [7, 11) is 0. The maximum atomic E-state index is 12.1. The summed E-state index contributed by atoms with van der Waals surface area (Å²) < 4.78 is 7.46. The standard InChI is InChI=1S/C20H23N3O5/c24-17(13-28-18-6-4-16(5-7-18)23(26)27)12-21-9-14-8-15(11-21)19-2-1-3-20(25)22(19)10-14/h1-7,14-15,17,24H,8-13H2. The number of pyridine rings is 1. The zero-order chi connectivity index (χ0) is 19.7. The molecule has 3 unspecified atom stereocenters. The Morgan fingerprint density at radius 2 is 1.96 bits per heavy atom. The van der Waals surface area contributed by atoms with Crippen molar-refractivity contribution in [1.82, 2.24) is 9.47 Å². The van der Waals surface area contributed by atoms with E-state index in [1.54, 1.807) is 6.07 Å². The third-order valence-electron chi connectivity index (χ3n) is 5.51. The smallest absolute Gasteiger partial charge is 0.269 e. The second-order valence-corrected chi connectivity index (χ2v) is 7.63. The van der Waals surface area contributed by atoms with Crippen LogP contribution < -0.4 is 10.3 Å². The molecule has 2 bridgehead atoms. The van der Waals surface area contributed by atoms with Crippen LogP contribution in [0.15, 0.2) is 47.3 Å². The van der Waals surface area contributed by atoms with Crippen LogP contribution in [0.2, 0.25) is 0 Å². The lowest BCUT2D eigenvalue weighted by Gasteiger charge is -2.43. The zero-order valence-corrected chi connectivity index (χ0v) is 15.4. The summed E-state index contributed by atoms with van der Waals surface area (Å²) in [5.41, 5.74) is 1.16. The van der Waals surface area contributed by atoms with Gasteiger partial charge in [-0.15, -0.1) is 0 Å². The number of ether oxygens (including phenoxy) is 1. The highest BCUT2D eigenvalue weighted by Crippen LogP contribution is 2.34. The molecule has 0 saturated carbocycles. The predicted octanol–water partition coefficient (Wildman–Crippen LogP) is 1.62. The molecule has 1 aromatic heterocycles. The number of nitrogens with zero attached hydrogens (tertiary/aromatic N) is 3. The minimum Gasteiger partial charge on any atom is -0.491 e. The van der Waals surface area contributed by atoms with Gasteiger partial charge in [-0.1, -0.05) is 6.07 Å². The Bertz CT molecular complexity index is 911. The van der Waals surface area contributed by atoms with Crippen LogP contribution in [-0.2, 0) is 6.54 Å². The number of nitro benzene ring substituents is 1. The number of likely N-dealkylation sites (tertiary alicyclic amines) is 1. The van der Waals surface area contributed by atoms with Crippen molar-refractivity contribution in [2.75, 3.05) is 26.2 Å². The highest BCUT2D eigenvalue weighted by atomic mass is 16.6. The average Bonchev–Trinajstić information content (AvgIpc) is 2.67. The van der Waals surface area contributed by atoms with Gasteiger partial charge in [0.1, 0.15) is 18.5 Å². The molecule has 0 amide bonds. The number of aliphatic hydroxyl groups is 1. The molecule has 2 aromatic rings. The Balaban J connectivity index is 1.33. The van der Waals surface area contributed by atoms with E-state index >= 15 is 0 Å². The summed E-state index contributed by atoms with van der Waals surface area (Å²) in [5, 5.41) is 21.1. The van der Waals surface area contributed by atoms with Crippen molar-refractivity contribution in [2.24, 2.45) is 5.92 Å². The molecule has 1 fully saturated rings. The van der Waals surface area contributed by atoms with Gasteiger partial charge in [-0.3, -0.25) is 19.8 Å². The van der Waals surface area contributed by atoms with Crippen molar-refractivity contribution in [2.45, 2.75) is 25.0 Å². The van der Waals surface area contributed by atoms with Crippen LogP contribution in [0.1, 0.15) is 18.0 Å². The van der Waals surface area contributed by atoms with Crippen LogP contribution in [0, 0.1) is 16.0 Å². The maximum Gasteiger partial charge on any atom is 0.269 e. The molecule has 1 N–H and O–H groups in total. The number of non-ortho nitro benzene ring substituents is 1. The molecule has 0 spiro atoms. The topological polar surface area (TPSA) is 97.8 Å². The molecule has 3 atom stereocenters. The highest BCUT2D eigenvalue weighted by Gasteiger charge is 2.34. The van der Waals surface area contributed by atoms with E-state index in [0.717, 1.165) is 31.7 Å². The first-order valence-corrected chi connectivity index (χ1v) is 9.47. The molecule has 3 heterocycles. The van der Waals surface area contributed by atoms with E-state index in [0.29, 0.717) is 24.1 Å². The molecule has 0 aliphatic carbocycles. The van der Waals surface area contributed by atoms with Crippen LogP contribution in [0.4, 0.5) is 5.69 Å². The first-order chi connectivity index (χ1) is 13.5. The minimum atomic E-state index is -0.660. The van der Waals surface area contributed by atoms with Gasteiger partial charge in [0.05, 0.1) is 4.92 Å². The second-order valence-electron chi connectivity index (χ2n) is 7.63. The number of hydrogen-bond acceptors (Lipinski definition) is 6. The Kier molecular flexibility index (Phi) is 5.15. The molecule has 2 aliphatic heterocycles. The minimum absolute atomic E-state index is 0.00661. The lowest BCUT2D eigenvalue weighted by Crippen LogP contribution is -2.49. The van der Waals surface area contributed by atoms with E-state index in [1.165, 1.54) is 24.3 Å².